The molecule has 1 saturated heterocycles. The maximum Gasteiger partial charge on any atom is 0.288 e. The van der Waals surface area contributed by atoms with Crippen LogP contribution in [0.5, 0.6) is 0 Å². The van der Waals surface area contributed by atoms with Crippen molar-refractivity contribution in [2.45, 2.75) is 0 Å². The number of nitrogens with zero attached hydrogens (tertiary/aromatic N) is 2. The summed E-state index contributed by atoms with van der Waals surface area (Å²) < 4.78 is 19.9. The molecule has 3 aromatic rings. The monoisotopic (exact) mass is 471 g/mol. The molecule has 2 heterocycles. The lowest BCUT2D eigenvalue weighted by molar-refractivity contribution is -0.384. The van der Waals surface area contributed by atoms with Gasteiger partial charge in [0.05, 0.1) is 10.6 Å². The third-order valence-electron chi connectivity index (χ3n) is 4.54. The van der Waals surface area contributed by atoms with E-state index in [0.29, 0.717) is 5.56 Å². The van der Waals surface area contributed by atoms with E-state index in [1.54, 1.807) is 0 Å². The number of furan rings is 1. The molecule has 0 saturated carbocycles. The smallest absolute Gasteiger partial charge is 0.288 e. The highest BCUT2D eigenvalue weighted by Crippen LogP contribution is 2.32. The summed E-state index contributed by atoms with van der Waals surface area (Å²) >= 11 is 10.9. The number of rotatable bonds is 4. The second-order valence-corrected chi connectivity index (χ2v) is 7.33. The molecule has 0 atom stereocenters. The number of amides is 2. The average Bonchev–Trinajstić information content (AvgIpc) is 3.21. The SMILES string of the molecule is O=C1NC(=S)N(c2ccccc2F)C(=O)/C1=C\c1ccc(-c2ccc(Cl)c([N+](=O)[O-])c2)o1. The van der Waals surface area contributed by atoms with Crippen molar-refractivity contribution in [1.82, 2.24) is 5.32 Å². The number of nitro benzene ring substituents is 1. The molecule has 1 fully saturated rings. The summed E-state index contributed by atoms with van der Waals surface area (Å²) in [6.07, 6.45) is 1.18. The first kappa shape index (κ1) is 21.3. The Hall–Kier alpha value is -3.89. The second kappa shape index (κ2) is 8.33. The van der Waals surface area contributed by atoms with Gasteiger partial charge in [0.1, 0.15) is 27.9 Å². The van der Waals surface area contributed by atoms with E-state index in [2.05, 4.69) is 5.32 Å². The average molecular weight is 472 g/mol. The van der Waals surface area contributed by atoms with Crippen LogP contribution in [0.1, 0.15) is 5.76 Å². The highest BCUT2D eigenvalue weighted by Gasteiger charge is 2.35. The Morgan fingerprint density at radius 3 is 2.62 bits per heavy atom. The molecule has 1 aliphatic heterocycles. The predicted octanol–water partition coefficient (Wildman–Crippen LogP) is 4.48. The van der Waals surface area contributed by atoms with Gasteiger partial charge in [0.2, 0.25) is 0 Å². The Morgan fingerprint density at radius 1 is 1.16 bits per heavy atom. The fourth-order valence-electron chi connectivity index (χ4n) is 3.04. The Balaban J connectivity index is 1.69. The first-order chi connectivity index (χ1) is 15.3. The van der Waals surface area contributed by atoms with Crippen LogP contribution in [-0.4, -0.2) is 21.9 Å². The van der Waals surface area contributed by atoms with Crippen molar-refractivity contribution in [1.29, 1.82) is 0 Å². The number of anilines is 1. The van der Waals surface area contributed by atoms with Crippen molar-refractivity contribution in [3.05, 3.63) is 86.9 Å². The van der Waals surface area contributed by atoms with E-state index in [1.807, 2.05) is 0 Å². The summed E-state index contributed by atoms with van der Waals surface area (Å²) in [6.45, 7) is 0. The minimum absolute atomic E-state index is 0.0266. The molecule has 11 heteroatoms. The van der Waals surface area contributed by atoms with Crippen molar-refractivity contribution >= 4 is 58.2 Å². The standard InChI is InChI=1S/C21H11ClFN3O5S/c22-14-7-5-11(9-17(14)26(29)30)18-8-6-12(31-18)10-13-19(27)24-21(32)25(20(13)28)16-4-2-1-3-15(16)23/h1-10H,(H,24,27,32)/b13-10-. The maximum atomic E-state index is 14.2. The van der Waals surface area contributed by atoms with Crippen LogP contribution in [0.25, 0.3) is 17.4 Å². The van der Waals surface area contributed by atoms with Crippen molar-refractivity contribution in [2.75, 3.05) is 4.90 Å². The number of para-hydroxylation sites is 1. The van der Waals surface area contributed by atoms with Gasteiger partial charge in [0, 0.05) is 11.6 Å². The third-order valence-corrected chi connectivity index (χ3v) is 5.14. The molecule has 32 heavy (non-hydrogen) atoms. The number of thiocarbonyl (C=S) groups is 1. The number of hydrogen-bond donors (Lipinski definition) is 1. The molecule has 160 valence electrons. The molecule has 2 aromatic carbocycles. The van der Waals surface area contributed by atoms with Crippen LogP contribution in [0.2, 0.25) is 5.02 Å². The van der Waals surface area contributed by atoms with Gasteiger partial charge in [-0.3, -0.25) is 25.0 Å². The van der Waals surface area contributed by atoms with Gasteiger partial charge in [0.25, 0.3) is 17.5 Å². The molecule has 0 bridgehead atoms. The minimum atomic E-state index is -0.830. The van der Waals surface area contributed by atoms with Gasteiger partial charge in [-0.25, -0.2) is 9.29 Å². The number of nitrogens with one attached hydrogen (secondary N) is 1. The van der Waals surface area contributed by atoms with E-state index in [9.17, 15) is 24.1 Å². The van der Waals surface area contributed by atoms with Crippen molar-refractivity contribution in [2.24, 2.45) is 0 Å². The predicted molar refractivity (Wildman–Crippen MR) is 118 cm³/mol. The van der Waals surface area contributed by atoms with Gasteiger partial charge in [-0.15, -0.1) is 0 Å². The number of carbonyl (C=O) groups is 2. The molecular weight excluding hydrogens is 461 g/mol. The van der Waals surface area contributed by atoms with Crippen molar-refractivity contribution < 1.29 is 23.3 Å². The van der Waals surface area contributed by atoms with Crippen LogP contribution in [0, 0.1) is 15.9 Å². The van der Waals surface area contributed by atoms with E-state index in [0.717, 1.165) is 11.0 Å². The molecule has 1 N–H and O–H groups in total. The summed E-state index contributed by atoms with van der Waals surface area (Å²) in [6, 6.07) is 12.6. The van der Waals surface area contributed by atoms with E-state index in [4.69, 9.17) is 28.2 Å². The largest absolute Gasteiger partial charge is 0.457 e. The highest BCUT2D eigenvalue weighted by molar-refractivity contribution is 7.80. The molecule has 0 radical (unpaired) electrons. The quantitative estimate of drug-likeness (QED) is 0.198. The van der Waals surface area contributed by atoms with E-state index < -0.39 is 22.6 Å². The number of halogens is 2. The number of hydrogen-bond acceptors (Lipinski definition) is 6. The van der Waals surface area contributed by atoms with Crippen LogP contribution in [0.3, 0.4) is 0 Å². The van der Waals surface area contributed by atoms with Gasteiger partial charge in [-0.2, -0.15) is 0 Å². The van der Waals surface area contributed by atoms with Gasteiger partial charge in [-0.05, 0) is 54.7 Å². The molecule has 1 aliphatic rings. The Labute approximate surface area is 190 Å². The zero-order valence-electron chi connectivity index (χ0n) is 15.9. The first-order valence-electron chi connectivity index (χ1n) is 8.96. The zero-order valence-corrected chi connectivity index (χ0v) is 17.4. The molecule has 4 rings (SSSR count). The molecule has 0 unspecified atom stereocenters. The van der Waals surface area contributed by atoms with Crippen molar-refractivity contribution in [3.8, 4) is 11.3 Å². The van der Waals surface area contributed by atoms with Crippen molar-refractivity contribution in [3.63, 3.8) is 0 Å². The fraction of sp³-hybridized carbons (Fsp3) is 0. The molecule has 0 spiro atoms. The molecule has 1 aromatic heterocycles. The first-order valence-corrected chi connectivity index (χ1v) is 9.75. The van der Waals surface area contributed by atoms with Gasteiger partial charge >= 0.3 is 0 Å². The van der Waals surface area contributed by atoms with Gasteiger partial charge < -0.3 is 4.42 Å². The Kier molecular flexibility index (Phi) is 5.56. The summed E-state index contributed by atoms with van der Waals surface area (Å²) in [7, 11) is 0. The van der Waals surface area contributed by atoms with E-state index in [1.165, 1.54) is 54.6 Å². The highest BCUT2D eigenvalue weighted by atomic mass is 35.5. The summed E-state index contributed by atoms with van der Waals surface area (Å²) in [5.74, 6) is -1.92. The summed E-state index contributed by atoms with van der Waals surface area (Å²) in [5, 5.41) is 13.2. The molecule has 8 nitrogen and oxygen atoms in total. The Bertz CT molecular complexity index is 1340. The third kappa shape index (κ3) is 3.88. The van der Waals surface area contributed by atoms with Gasteiger partial charge in [0.15, 0.2) is 5.11 Å². The van der Waals surface area contributed by atoms with Crippen LogP contribution < -0.4 is 10.2 Å². The Morgan fingerprint density at radius 2 is 1.91 bits per heavy atom. The molecular formula is C21H11ClFN3O5S. The van der Waals surface area contributed by atoms with Crippen LogP contribution >= 0.6 is 23.8 Å². The lowest BCUT2D eigenvalue weighted by atomic mass is 10.1. The minimum Gasteiger partial charge on any atom is -0.457 e. The lowest BCUT2D eigenvalue weighted by Gasteiger charge is -2.28. The molecule has 0 aliphatic carbocycles. The number of carbonyl (C=O) groups excluding carboxylic acids is 2. The summed E-state index contributed by atoms with van der Waals surface area (Å²) in [4.78, 5) is 36.7. The number of benzene rings is 2. The summed E-state index contributed by atoms with van der Waals surface area (Å²) in [5.41, 5.74) is -0.359. The van der Waals surface area contributed by atoms with Gasteiger partial charge in [-0.1, -0.05) is 23.7 Å². The van der Waals surface area contributed by atoms with Crippen LogP contribution in [-0.2, 0) is 9.59 Å². The topological polar surface area (TPSA) is 106 Å². The number of nitro groups is 1. The fourth-order valence-corrected chi connectivity index (χ4v) is 3.50. The lowest BCUT2D eigenvalue weighted by Crippen LogP contribution is -2.54. The zero-order chi connectivity index (χ0) is 23.0. The maximum absolute atomic E-state index is 14.2. The van der Waals surface area contributed by atoms with Crippen LogP contribution in [0.15, 0.2) is 64.6 Å². The van der Waals surface area contributed by atoms with E-state index >= 15 is 0 Å². The normalized spacial score (nSPS) is 15.2. The molecule has 2 amide bonds. The second-order valence-electron chi connectivity index (χ2n) is 6.53. The van der Waals surface area contributed by atoms with E-state index in [-0.39, 0.29) is 38.6 Å². The van der Waals surface area contributed by atoms with Crippen LogP contribution in [0.4, 0.5) is 15.8 Å².